The van der Waals surface area contributed by atoms with Crippen molar-refractivity contribution in [2.45, 2.75) is 27.7 Å². The summed E-state index contributed by atoms with van der Waals surface area (Å²) >= 11 is 0. The van der Waals surface area contributed by atoms with Crippen molar-refractivity contribution in [3.05, 3.63) is 29.0 Å². The Morgan fingerprint density at radius 2 is 1.82 bits per heavy atom. The minimum atomic E-state index is 1.07. The zero-order chi connectivity index (χ0) is 8.69. The second kappa shape index (κ2) is 5.59. The molecule has 0 atom stereocenters. The van der Waals surface area contributed by atoms with Gasteiger partial charge >= 0.3 is 0 Å². The van der Waals surface area contributed by atoms with E-state index in [0.717, 1.165) is 5.57 Å². The van der Waals surface area contributed by atoms with Crippen LogP contribution >= 0.6 is 0 Å². The molecule has 0 unspecified atom stereocenters. The summed E-state index contributed by atoms with van der Waals surface area (Å²) in [6.45, 7) is 7.86. The lowest BCUT2D eigenvalue weighted by Crippen LogP contribution is -1.64. The first-order valence-corrected chi connectivity index (χ1v) is 3.66. The molecule has 0 nitrogen and oxygen atoms in total. The molecule has 11 heavy (non-hydrogen) atoms. The van der Waals surface area contributed by atoms with Crippen LogP contribution in [0.5, 0.6) is 0 Å². The van der Waals surface area contributed by atoms with Gasteiger partial charge in [0.2, 0.25) is 0 Å². The number of rotatable bonds is 1. The van der Waals surface area contributed by atoms with Crippen molar-refractivity contribution in [1.82, 2.24) is 0 Å². The Hall–Kier alpha value is -1.18. The normalized spacial score (nSPS) is 9.27. The summed E-state index contributed by atoms with van der Waals surface area (Å²) in [6.07, 6.45) is 3.86. The third-order valence-corrected chi connectivity index (χ3v) is 1.03. The average molecular weight is 146 g/mol. The molecule has 58 valence electrons. The molecular weight excluding hydrogens is 132 g/mol. The van der Waals surface area contributed by atoms with E-state index in [0.29, 0.717) is 0 Å². The maximum absolute atomic E-state index is 3.08. The molecule has 0 amide bonds. The molecule has 0 aliphatic rings. The first-order chi connectivity index (χ1) is 5.16. The lowest BCUT2D eigenvalue weighted by molar-refractivity contribution is 1.41. The van der Waals surface area contributed by atoms with Crippen molar-refractivity contribution in [1.29, 1.82) is 0 Å². The van der Waals surface area contributed by atoms with Crippen LogP contribution in [0.4, 0.5) is 0 Å². The van der Waals surface area contributed by atoms with Crippen LogP contribution in [0.3, 0.4) is 0 Å². The third kappa shape index (κ3) is 6.71. The van der Waals surface area contributed by atoms with Gasteiger partial charge in [-0.2, -0.15) is 0 Å². The van der Waals surface area contributed by atoms with E-state index in [1.165, 1.54) is 5.57 Å². The van der Waals surface area contributed by atoms with E-state index < -0.39 is 0 Å². The van der Waals surface area contributed by atoms with Crippen LogP contribution in [0.25, 0.3) is 0 Å². The maximum Gasteiger partial charge on any atom is -0.000479 e. The number of hydrogen-bond acceptors (Lipinski definition) is 0. The van der Waals surface area contributed by atoms with Crippen LogP contribution in [0.1, 0.15) is 27.7 Å². The molecule has 0 aromatic heterocycles. The standard InChI is InChI=1S/C11H14/c1-5-7-11(4)9-6-8-10(2)3/h6,9H,1-4H3/b11-9-. The molecule has 0 aromatic rings. The van der Waals surface area contributed by atoms with Crippen molar-refractivity contribution in [3.8, 4) is 11.8 Å². The van der Waals surface area contributed by atoms with Crippen molar-refractivity contribution >= 4 is 0 Å². The molecular formula is C11H14. The predicted molar refractivity (Wildman–Crippen MR) is 50.2 cm³/mol. The van der Waals surface area contributed by atoms with E-state index in [2.05, 4.69) is 17.6 Å². The van der Waals surface area contributed by atoms with Crippen molar-refractivity contribution in [2.75, 3.05) is 0 Å². The van der Waals surface area contributed by atoms with Crippen LogP contribution in [-0.2, 0) is 0 Å². The minimum absolute atomic E-state index is 1.07. The fraction of sp³-hybridized carbons (Fsp3) is 0.364. The summed E-state index contributed by atoms with van der Waals surface area (Å²) < 4.78 is 0. The average Bonchev–Trinajstić information content (AvgIpc) is 1.87. The van der Waals surface area contributed by atoms with E-state index in [4.69, 9.17) is 0 Å². The van der Waals surface area contributed by atoms with E-state index in [1.54, 1.807) is 0 Å². The summed E-state index contributed by atoms with van der Waals surface area (Å²) in [5, 5.41) is 0. The fourth-order valence-corrected chi connectivity index (χ4v) is 0.572. The Morgan fingerprint density at radius 3 is 2.27 bits per heavy atom. The van der Waals surface area contributed by atoms with Gasteiger partial charge in [0.05, 0.1) is 0 Å². The zero-order valence-corrected chi connectivity index (χ0v) is 7.65. The second-order valence-corrected chi connectivity index (χ2v) is 2.54. The van der Waals surface area contributed by atoms with Gasteiger partial charge in [0.15, 0.2) is 0 Å². The zero-order valence-electron chi connectivity index (χ0n) is 7.65. The third-order valence-electron chi connectivity index (χ3n) is 1.03. The van der Waals surface area contributed by atoms with Crippen molar-refractivity contribution in [2.24, 2.45) is 0 Å². The van der Waals surface area contributed by atoms with Crippen molar-refractivity contribution in [3.63, 3.8) is 0 Å². The van der Waals surface area contributed by atoms with Gasteiger partial charge in [0.1, 0.15) is 0 Å². The predicted octanol–water partition coefficient (Wildman–Crippen LogP) is 3.08. The lowest BCUT2D eigenvalue weighted by Gasteiger charge is -1.80. The number of hydrogen-bond donors (Lipinski definition) is 0. The maximum atomic E-state index is 3.08. The van der Waals surface area contributed by atoms with Gasteiger partial charge in [0.25, 0.3) is 0 Å². The Bertz CT molecular complexity index is 256. The summed E-state index contributed by atoms with van der Waals surface area (Å²) in [5.41, 5.74) is 5.33. The van der Waals surface area contributed by atoms with Gasteiger partial charge in [-0.3, -0.25) is 0 Å². The molecule has 0 bridgehead atoms. The molecule has 0 heteroatoms. The molecule has 0 aliphatic carbocycles. The molecule has 0 saturated heterocycles. The molecule has 0 fully saturated rings. The highest BCUT2D eigenvalue weighted by Gasteiger charge is 1.73. The monoisotopic (exact) mass is 146 g/mol. The molecule has 0 saturated carbocycles. The Kier molecular flexibility index (Phi) is 4.99. The highest BCUT2D eigenvalue weighted by Crippen LogP contribution is 1.90. The smallest absolute Gasteiger partial charge is 0.000479 e. The van der Waals surface area contributed by atoms with E-state index in [1.807, 2.05) is 39.8 Å². The van der Waals surface area contributed by atoms with Crippen LogP contribution in [0.2, 0.25) is 0 Å². The molecule has 0 rings (SSSR count). The second-order valence-electron chi connectivity index (χ2n) is 2.54. The van der Waals surface area contributed by atoms with Crippen LogP contribution < -0.4 is 0 Å². The Labute approximate surface area is 69.3 Å². The van der Waals surface area contributed by atoms with Gasteiger partial charge in [0, 0.05) is 0 Å². The van der Waals surface area contributed by atoms with Gasteiger partial charge in [-0.05, 0) is 51.0 Å². The van der Waals surface area contributed by atoms with Gasteiger partial charge in [-0.15, -0.1) is 11.7 Å². The van der Waals surface area contributed by atoms with Crippen molar-refractivity contribution < 1.29 is 0 Å². The Balaban J connectivity index is 4.32. The van der Waals surface area contributed by atoms with Crippen LogP contribution in [-0.4, -0.2) is 0 Å². The molecule has 0 N–H and O–H groups in total. The van der Waals surface area contributed by atoms with Crippen LogP contribution in [0, 0.1) is 11.8 Å². The first kappa shape index (κ1) is 9.82. The minimum Gasteiger partial charge on any atom is -0.122 e. The van der Waals surface area contributed by atoms with Crippen LogP contribution in [0.15, 0.2) is 29.0 Å². The van der Waals surface area contributed by atoms with Gasteiger partial charge in [-0.25, -0.2) is 0 Å². The number of allylic oxidation sites excluding steroid dienone is 3. The van der Waals surface area contributed by atoms with E-state index in [9.17, 15) is 0 Å². The van der Waals surface area contributed by atoms with Gasteiger partial charge in [-0.1, -0.05) is 5.92 Å². The Morgan fingerprint density at radius 1 is 1.18 bits per heavy atom. The quantitative estimate of drug-likeness (QED) is 0.303. The highest BCUT2D eigenvalue weighted by atomic mass is 13.8. The van der Waals surface area contributed by atoms with E-state index >= 15 is 0 Å². The first-order valence-electron chi connectivity index (χ1n) is 3.66. The highest BCUT2D eigenvalue weighted by molar-refractivity contribution is 5.29. The molecule has 0 aromatic carbocycles. The summed E-state index contributed by atoms with van der Waals surface area (Å²) in [4.78, 5) is 0. The largest absolute Gasteiger partial charge is 0.122 e. The SMILES string of the molecule is CC#C/C(C)=C\C=C=C(C)C. The molecule has 0 heterocycles. The topological polar surface area (TPSA) is 0 Å². The fourth-order valence-electron chi connectivity index (χ4n) is 0.572. The molecule has 0 aliphatic heterocycles. The molecule has 0 radical (unpaired) electrons. The molecule has 0 spiro atoms. The lowest BCUT2D eigenvalue weighted by atomic mass is 10.2. The summed E-state index contributed by atoms with van der Waals surface area (Å²) in [5.74, 6) is 5.78. The summed E-state index contributed by atoms with van der Waals surface area (Å²) in [6, 6.07) is 0. The summed E-state index contributed by atoms with van der Waals surface area (Å²) in [7, 11) is 0. The van der Waals surface area contributed by atoms with Gasteiger partial charge < -0.3 is 0 Å². The van der Waals surface area contributed by atoms with E-state index in [-0.39, 0.29) is 0 Å².